The first-order valence-electron chi connectivity index (χ1n) is 6.82. The highest BCUT2D eigenvalue weighted by Gasteiger charge is 2.19. The molecule has 1 aromatic carbocycles. The van der Waals surface area contributed by atoms with E-state index in [1.807, 2.05) is 24.3 Å². The summed E-state index contributed by atoms with van der Waals surface area (Å²) in [6.45, 7) is 4.12. The summed E-state index contributed by atoms with van der Waals surface area (Å²) in [5.41, 5.74) is 1.35. The maximum atomic E-state index is 12.2. The number of hydrogen-bond acceptors (Lipinski definition) is 4. The van der Waals surface area contributed by atoms with Crippen LogP contribution in [0.1, 0.15) is 35.9 Å². The molecule has 0 fully saturated rings. The second-order valence-electron chi connectivity index (χ2n) is 5.06. The van der Waals surface area contributed by atoms with Crippen molar-refractivity contribution in [1.82, 2.24) is 15.3 Å². The van der Waals surface area contributed by atoms with E-state index in [2.05, 4.69) is 29.1 Å². The molecule has 0 spiro atoms. The number of benzene rings is 1. The van der Waals surface area contributed by atoms with Crippen LogP contribution in [-0.4, -0.2) is 23.0 Å². The zero-order valence-electron chi connectivity index (χ0n) is 12.4. The molecule has 1 atom stereocenters. The number of amides is 1. The van der Waals surface area contributed by atoms with Gasteiger partial charge < -0.3 is 10.1 Å². The molecule has 1 aromatic heterocycles. The Morgan fingerprint density at radius 1 is 1.19 bits per heavy atom. The van der Waals surface area contributed by atoms with Gasteiger partial charge in [-0.2, -0.15) is 0 Å². The molecule has 0 radical (unpaired) electrons. The number of carbonyl (C=O) groups is 1. The normalized spacial score (nSPS) is 12.0. The fourth-order valence-electron chi connectivity index (χ4n) is 2.08. The zero-order valence-corrected chi connectivity index (χ0v) is 12.4. The number of nitrogens with one attached hydrogen (secondary N) is 1. The lowest BCUT2D eigenvalue weighted by Crippen LogP contribution is -2.32. The van der Waals surface area contributed by atoms with Gasteiger partial charge in [0.15, 0.2) is 0 Å². The average Bonchev–Trinajstić information content (AvgIpc) is 2.53. The molecule has 0 aliphatic rings. The Bertz CT molecular complexity index is 582. The standard InChI is InChI=1S/C16H19N3O2/c1-11(2)15(12-4-6-13(21-3)7-5-12)19-16(20)14-10-17-8-9-18-14/h4-11,15H,1-3H3,(H,19,20)/t15-/m0/s1. The Kier molecular flexibility index (Phi) is 4.87. The summed E-state index contributed by atoms with van der Waals surface area (Å²) in [5.74, 6) is 0.818. The van der Waals surface area contributed by atoms with Gasteiger partial charge in [0.2, 0.25) is 0 Å². The van der Waals surface area contributed by atoms with Gasteiger partial charge in [-0.3, -0.25) is 9.78 Å². The molecule has 1 heterocycles. The Labute approximate surface area is 124 Å². The van der Waals surface area contributed by atoms with Crippen molar-refractivity contribution in [1.29, 1.82) is 0 Å². The van der Waals surface area contributed by atoms with Gasteiger partial charge in [0.1, 0.15) is 11.4 Å². The summed E-state index contributed by atoms with van der Waals surface area (Å²) in [5, 5.41) is 3.00. The molecule has 0 saturated carbocycles. The molecule has 2 aromatic rings. The molecule has 1 N–H and O–H groups in total. The molecule has 0 aliphatic heterocycles. The van der Waals surface area contributed by atoms with E-state index in [4.69, 9.17) is 4.74 Å². The first-order chi connectivity index (χ1) is 10.1. The molecule has 21 heavy (non-hydrogen) atoms. The van der Waals surface area contributed by atoms with E-state index in [0.717, 1.165) is 11.3 Å². The third-order valence-corrected chi connectivity index (χ3v) is 3.22. The summed E-state index contributed by atoms with van der Waals surface area (Å²) in [6.07, 6.45) is 4.51. The highest BCUT2D eigenvalue weighted by molar-refractivity contribution is 5.92. The maximum absolute atomic E-state index is 12.2. The van der Waals surface area contributed by atoms with E-state index >= 15 is 0 Å². The fraction of sp³-hybridized carbons (Fsp3) is 0.312. The number of rotatable bonds is 5. The zero-order chi connectivity index (χ0) is 15.2. The topological polar surface area (TPSA) is 64.1 Å². The van der Waals surface area contributed by atoms with Gasteiger partial charge in [0.05, 0.1) is 19.3 Å². The van der Waals surface area contributed by atoms with Crippen LogP contribution in [0.2, 0.25) is 0 Å². The quantitative estimate of drug-likeness (QED) is 0.917. The lowest BCUT2D eigenvalue weighted by atomic mass is 9.96. The van der Waals surface area contributed by atoms with Crippen molar-refractivity contribution in [3.8, 4) is 5.75 Å². The Morgan fingerprint density at radius 2 is 1.90 bits per heavy atom. The van der Waals surface area contributed by atoms with Gasteiger partial charge in [-0.1, -0.05) is 26.0 Å². The first kappa shape index (κ1) is 15.0. The predicted molar refractivity (Wildman–Crippen MR) is 80.1 cm³/mol. The number of methoxy groups -OCH3 is 1. The Morgan fingerprint density at radius 3 is 2.43 bits per heavy atom. The summed E-state index contributed by atoms with van der Waals surface area (Å²) >= 11 is 0. The minimum atomic E-state index is -0.224. The van der Waals surface area contributed by atoms with Crippen LogP contribution in [0, 0.1) is 5.92 Å². The Hall–Kier alpha value is -2.43. The smallest absolute Gasteiger partial charge is 0.271 e. The lowest BCUT2D eigenvalue weighted by Gasteiger charge is -2.23. The van der Waals surface area contributed by atoms with E-state index in [1.165, 1.54) is 12.4 Å². The van der Waals surface area contributed by atoms with Crippen LogP contribution in [0.4, 0.5) is 0 Å². The summed E-state index contributed by atoms with van der Waals surface area (Å²) < 4.78 is 5.15. The van der Waals surface area contributed by atoms with Crippen LogP contribution >= 0.6 is 0 Å². The van der Waals surface area contributed by atoms with Gasteiger partial charge in [-0.15, -0.1) is 0 Å². The minimum absolute atomic E-state index is 0.0922. The molecule has 2 rings (SSSR count). The molecule has 0 unspecified atom stereocenters. The number of aromatic nitrogens is 2. The molecule has 5 heteroatoms. The van der Waals surface area contributed by atoms with Crippen LogP contribution in [0.3, 0.4) is 0 Å². The molecule has 110 valence electrons. The van der Waals surface area contributed by atoms with Crippen LogP contribution in [0.15, 0.2) is 42.9 Å². The first-order valence-corrected chi connectivity index (χ1v) is 6.82. The maximum Gasteiger partial charge on any atom is 0.271 e. The molecule has 1 amide bonds. The van der Waals surface area contributed by atoms with Crippen molar-refractivity contribution in [3.05, 3.63) is 54.1 Å². The van der Waals surface area contributed by atoms with Gasteiger partial charge in [-0.25, -0.2) is 4.98 Å². The molecule has 0 bridgehead atoms. The highest BCUT2D eigenvalue weighted by atomic mass is 16.5. The number of nitrogens with zero attached hydrogens (tertiary/aromatic N) is 2. The van der Waals surface area contributed by atoms with Gasteiger partial charge in [0, 0.05) is 12.4 Å². The van der Waals surface area contributed by atoms with E-state index in [9.17, 15) is 4.79 Å². The lowest BCUT2D eigenvalue weighted by molar-refractivity contribution is 0.0920. The van der Waals surface area contributed by atoms with Crippen LogP contribution in [-0.2, 0) is 0 Å². The monoisotopic (exact) mass is 285 g/mol. The van der Waals surface area contributed by atoms with E-state index < -0.39 is 0 Å². The van der Waals surface area contributed by atoms with Crippen LogP contribution in [0.5, 0.6) is 5.75 Å². The van der Waals surface area contributed by atoms with Gasteiger partial charge in [-0.05, 0) is 23.6 Å². The van der Waals surface area contributed by atoms with Gasteiger partial charge in [0.25, 0.3) is 5.91 Å². The van der Waals surface area contributed by atoms with Crippen LogP contribution < -0.4 is 10.1 Å². The van der Waals surface area contributed by atoms with Crippen LogP contribution in [0.25, 0.3) is 0 Å². The van der Waals surface area contributed by atoms with E-state index in [0.29, 0.717) is 5.69 Å². The van der Waals surface area contributed by atoms with Crippen molar-refractivity contribution in [2.75, 3.05) is 7.11 Å². The number of hydrogen-bond donors (Lipinski definition) is 1. The number of carbonyl (C=O) groups excluding carboxylic acids is 1. The van der Waals surface area contributed by atoms with E-state index in [1.54, 1.807) is 13.3 Å². The average molecular weight is 285 g/mol. The molecule has 5 nitrogen and oxygen atoms in total. The molecule has 0 aliphatic carbocycles. The minimum Gasteiger partial charge on any atom is -0.497 e. The van der Waals surface area contributed by atoms with Crippen molar-refractivity contribution in [3.63, 3.8) is 0 Å². The SMILES string of the molecule is COc1ccc([C@@H](NC(=O)c2cnccn2)C(C)C)cc1. The van der Waals surface area contributed by atoms with E-state index in [-0.39, 0.29) is 17.9 Å². The molecular formula is C16H19N3O2. The fourth-order valence-corrected chi connectivity index (χ4v) is 2.08. The highest BCUT2D eigenvalue weighted by Crippen LogP contribution is 2.24. The molecule has 0 saturated heterocycles. The summed E-state index contributed by atoms with van der Waals surface area (Å²) in [7, 11) is 1.63. The van der Waals surface area contributed by atoms with Crippen molar-refractivity contribution in [2.24, 2.45) is 5.92 Å². The van der Waals surface area contributed by atoms with Crippen molar-refractivity contribution in [2.45, 2.75) is 19.9 Å². The summed E-state index contributed by atoms with van der Waals surface area (Å²) in [4.78, 5) is 20.1. The third-order valence-electron chi connectivity index (χ3n) is 3.22. The third kappa shape index (κ3) is 3.78. The molecular weight excluding hydrogens is 266 g/mol. The second-order valence-corrected chi connectivity index (χ2v) is 5.06. The second kappa shape index (κ2) is 6.83. The predicted octanol–water partition coefficient (Wildman–Crippen LogP) is 2.61. The summed E-state index contributed by atoms with van der Waals surface area (Å²) in [6, 6.07) is 7.60. The van der Waals surface area contributed by atoms with Crippen molar-refractivity contribution >= 4 is 5.91 Å². The van der Waals surface area contributed by atoms with Crippen molar-refractivity contribution < 1.29 is 9.53 Å². The largest absolute Gasteiger partial charge is 0.497 e. The number of ether oxygens (including phenoxy) is 1. The Balaban J connectivity index is 2.17. The van der Waals surface area contributed by atoms with Gasteiger partial charge >= 0.3 is 0 Å².